The predicted molar refractivity (Wildman–Crippen MR) is 79.2 cm³/mol. The van der Waals surface area contributed by atoms with Gasteiger partial charge in [-0.2, -0.15) is 0 Å². The third-order valence-corrected chi connectivity index (χ3v) is 3.19. The van der Waals surface area contributed by atoms with Gasteiger partial charge in [0.05, 0.1) is 6.61 Å². The summed E-state index contributed by atoms with van der Waals surface area (Å²) in [5.41, 5.74) is 6.49. The first-order valence-corrected chi connectivity index (χ1v) is 7.00. The summed E-state index contributed by atoms with van der Waals surface area (Å²) in [6.07, 6.45) is -5.30. The van der Waals surface area contributed by atoms with Gasteiger partial charge < -0.3 is 30.9 Å². The molecule has 1 aromatic carbocycles. The van der Waals surface area contributed by atoms with Gasteiger partial charge in [-0.25, -0.2) is 0 Å². The zero-order valence-electron chi connectivity index (χ0n) is 12.4. The molecule has 0 amide bonds. The molecule has 0 spiro atoms. The van der Waals surface area contributed by atoms with E-state index in [0.717, 1.165) is 5.56 Å². The minimum Gasteiger partial charge on any atom is -0.456 e. The molecule has 0 aliphatic heterocycles. The number of carbonyl (C=O) groups is 2. The lowest BCUT2D eigenvalue weighted by Gasteiger charge is -2.20. The summed E-state index contributed by atoms with van der Waals surface area (Å²) in [7, 11) is 0. The third kappa shape index (κ3) is 6.05. The van der Waals surface area contributed by atoms with Crippen molar-refractivity contribution < 1.29 is 34.8 Å². The zero-order valence-corrected chi connectivity index (χ0v) is 12.4. The second kappa shape index (κ2) is 9.33. The number of hydrogen-bond acceptors (Lipinski definition) is 8. The molecule has 0 saturated carbocycles. The normalized spacial score (nSPS) is 16.2. The average Bonchev–Trinajstić information content (AvgIpc) is 2.57. The Balaban J connectivity index is 2.44. The number of benzene rings is 1. The van der Waals surface area contributed by atoms with Crippen LogP contribution in [0.25, 0.3) is 0 Å². The van der Waals surface area contributed by atoms with Crippen LogP contribution in [-0.4, -0.2) is 69.7 Å². The molecule has 4 atom stereocenters. The molecule has 0 aromatic heterocycles. The first-order valence-electron chi connectivity index (χ1n) is 7.00. The largest absolute Gasteiger partial charge is 0.456 e. The van der Waals surface area contributed by atoms with Crippen molar-refractivity contribution in [3.63, 3.8) is 0 Å². The maximum absolute atomic E-state index is 11.7. The van der Waals surface area contributed by atoms with Crippen molar-refractivity contribution in [3.05, 3.63) is 35.9 Å². The maximum Gasteiger partial charge on any atom is 0.323 e. The standard InChI is InChI=1S/C15H21NO7/c16-10(6-9-4-2-1-3-5-9)15(22)23-8-12(19)14(21)13(20)11(18)7-17/h1-5,10-11,13-14,17-18,20-21H,6-8,16H2/t10-,11+,13+,14+/m0/s1/i7+1,8+1,11+1,12+1,13+1,14+1. The van der Waals surface area contributed by atoms with Crippen molar-refractivity contribution in [2.75, 3.05) is 13.2 Å². The number of nitrogens with two attached hydrogens (primary N) is 1. The van der Waals surface area contributed by atoms with Gasteiger partial charge in [-0.05, 0) is 12.0 Å². The highest BCUT2D eigenvalue weighted by Crippen LogP contribution is 2.05. The van der Waals surface area contributed by atoms with Crippen LogP contribution in [0.1, 0.15) is 5.56 Å². The SMILES string of the molecule is N[C@@H](Cc1ccccc1)C(=O)O[13CH2][13C](=O)[13C@@H](O)[13C@H](O)[13C@H](O)[13CH2]O. The van der Waals surface area contributed by atoms with Gasteiger partial charge in [-0.1, -0.05) is 30.3 Å². The molecule has 1 rings (SSSR count). The van der Waals surface area contributed by atoms with E-state index in [1.54, 1.807) is 24.3 Å². The van der Waals surface area contributed by atoms with Gasteiger partial charge in [0.15, 0.2) is 6.61 Å². The lowest BCUT2D eigenvalue weighted by molar-refractivity contribution is -0.156. The molecule has 0 radical (unpaired) electrons. The number of ether oxygens (including phenoxy) is 1. The predicted octanol–water partition coefficient (Wildman–Crippen LogP) is -2.26. The fourth-order valence-electron chi connectivity index (χ4n) is 1.79. The Morgan fingerprint density at radius 2 is 1.74 bits per heavy atom. The smallest absolute Gasteiger partial charge is 0.323 e. The molecule has 0 heterocycles. The van der Waals surface area contributed by atoms with Crippen LogP contribution in [0.3, 0.4) is 0 Å². The molecule has 0 saturated heterocycles. The Morgan fingerprint density at radius 3 is 2.30 bits per heavy atom. The molecular formula is C15H21NO7. The van der Waals surface area contributed by atoms with E-state index in [4.69, 9.17) is 20.7 Å². The molecule has 0 bridgehead atoms. The molecule has 1 aromatic rings. The summed E-state index contributed by atoms with van der Waals surface area (Å²) >= 11 is 0. The summed E-state index contributed by atoms with van der Waals surface area (Å²) < 4.78 is 4.69. The molecule has 8 nitrogen and oxygen atoms in total. The maximum atomic E-state index is 11.7. The summed E-state index contributed by atoms with van der Waals surface area (Å²) in [5.74, 6) is -1.84. The molecule has 0 unspecified atom stereocenters. The fourth-order valence-corrected chi connectivity index (χ4v) is 1.79. The van der Waals surface area contributed by atoms with E-state index < -0.39 is 49.3 Å². The Labute approximate surface area is 133 Å². The summed E-state index contributed by atoms with van der Waals surface area (Å²) in [5, 5.41) is 36.6. The number of ketones is 1. The Bertz CT molecular complexity index is 508. The Hall–Kier alpha value is -1.84. The minimum atomic E-state index is -1.98. The number of aliphatic hydroxyl groups is 4. The highest BCUT2D eigenvalue weighted by Gasteiger charge is 2.30. The monoisotopic (exact) mass is 333 g/mol. The molecular weight excluding hydrogens is 312 g/mol. The molecule has 0 aliphatic carbocycles. The van der Waals surface area contributed by atoms with E-state index in [1.807, 2.05) is 6.07 Å². The number of rotatable bonds is 9. The van der Waals surface area contributed by atoms with Crippen molar-refractivity contribution in [3.8, 4) is 0 Å². The van der Waals surface area contributed by atoms with E-state index in [1.165, 1.54) is 0 Å². The highest BCUT2D eigenvalue weighted by atomic mass is 16.6. The van der Waals surface area contributed by atoms with Crippen LogP contribution in [0.2, 0.25) is 0 Å². The van der Waals surface area contributed by atoms with Crippen molar-refractivity contribution in [1.82, 2.24) is 0 Å². The van der Waals surface area contributed by atoms with Gasteiger partial charge in [0.2, 0.25) is 5.78 Å². The van der Waals surface area contributed by atoms with Crippen molar-refractivity contribution in [2.24, 2.45) is 5.73 Å². The summed E-state index contributed by atoms with van der Waals surface area (Å²) in [6.45, 7) is -1.62. The lowest BCUT2D eigenvalue weighted by atomic mass is 10.1. The second-order valence-corrected chi connectivity index (χ2v) is 5.06. The van der Waals surface area contributed by atoms with Crippen LogP contribution in [0.15, 0.2) is 30.3 Å². The summed E-state index contributed by atoms with van der Waals surface area (Å²) in [6, 6.07) is 8.00. The molecule has 0 fully saturated rings. The van der Waals surface area contributed by atoms with Crippen molar-refractivity contribution in [1.29, 1.82) is 0 Å². The highest BCUT2D eigenvalue weighted by molar-refractivity contribution is 5.87. The molecule has 23 heavy (non-hydrogen) atoms. The van der Waals surface area contributed by atoms with Gasteiger partial charge in [0.25, 0.3) is 0 Å². The van der Waals surface area contributed by atoms with Crippen LogP contribution in [0.5, 0.6) is 0 Å². The van der Waals surface area contributed by atoms with E-state index >= 15 is 0 Å². The van der Waals surface area contributed by atoms with Crippen LogP contribution in [0.4, 0.5) is 0 Å². The number of carbonyl (C=O) groups excluding carboxylic acids is 2. The van der Waals surface area contributed by atoms with Gasteiger partial charge in [-0.15, -0.1) is 0 Å². The van der Waals surface area contributed by atoms with Crippen LogP contribution in [-0.2, 0) is 20.7 Å². The van der Waals surface area contributed by atoms with E-state index in [-0.39, 0.29) is 6.42 Å². The van der Waals surface area contributed by atoms with Crippen molar-refractivity contribution in [2.45, 2.75) is 30.8 Å². The van der Waals surface area contributed by atoms with Crippen LogP contribution < -0.4 is 5.73 Å². The number of Topliss-reactive ketones (excluding diaryl/α,β-unsaturated/α-hetero) is 1. The quantitative estimate of drug-likeness (QED) is 0.251. The zero-order chi connectivity index (χ0) is 17.4. The molecule has 6 N–H and O–H groups in total. The topological polar surface area (TPSA) is 150 Å². The molecule has 8 heteroatoms. The fraction of sp³-hybridized carbons (Fsp3) is 0.467. The molecule has 0 aliphatic rings. The first kappa shape index (κ1) is 19.2. The molecule has 128 valence electrons. The number of aliphatic hydroxyl groups excluding tert-OH is 4. The number of hydrogen-bond donors (Lipinski definition) is 5. The van der Waals surface area contributed by atoms with Gasteiger partial charge in [0.1, 0.15) is 24.4 Å². The average molecular weight is 333 g/mol. The van der Waals surface area contributed by atoms with Crippen LogP contribution >= 0.6 is 0 Å². The van der Waals surface area contributed by atoms with Crippen molar-refractivity contribution >= 4 is 11.8 Å². The van der Waals surface area contributed by atoms with Gasteiger partial charge in [0, 0.05) is 0 Å². The summed E-state index contributed by atoms with van der Waals surface area (Å²) in [4.78, 5) is 23.3. The van der Waals surface area contributed by atoms with Crippen LogP contribution in [0, 0.1) is 0 Å². The Kier molecular flexibility index (Phi) is 7.79. The van der Waals surface area contributed by atoms with E-state index in [0.29, 0.717) is 0 Å². The second-order valence-electron chi connectivity index (χ2n) is 5.06. The van der Waals surface area contributed by atoms with E-state index in [9.17, 15) is 19.8 Å². The van der Waals surface area contributed by atoms with Gasteiger partial charge in [-0.3, -0.25) is 9.59 Å². The van der Waals surface area contributed by atoms with E-state index in [2.05, 4.69) is 0 Å². The first-order chi connectivity index (χ1) is 10.9. The minimum absolute atomic E-state index is 0.224. The lowest BCUT2D eigenvalue weighted by Crippen LogP contribution is -2.45. The Morgan fingerprint density at radius 1 is 1.13 bits per heavy atom. The third-order valence-electron chi connectivity index (χ3n) is 3.19. The van der Waals surface area contributed by atoms with Gasteiger partial charge >= 0.3 is 5.97 Å². The number of esters is 1.